The molecule has 140 heavy (non-hydrogen) atoms. The third kappa shape index (κ3) is 18.7. The van der Waals surface area contributed by atoms with Gasteiger partial charge in [0.05, 0.1) is 95.6 Å². The van der Waals surface area contributed by atoms with Gasteiger partial charge >= 0.3 is 0 Å². The molecule has 0 saturated carbocycles. The van der Waals surface area contributed by atoms with Gasteiger partial charge in [-0.15, -0.1) is 0 Å². The zero-order chi connectivity index (χ0) is 97.1. The second-order valence-corrected chi connectivity index (χ2v) is 36.2. The number of para-hydroxylation sites is 10. The predicted octanol–water partition coefficient (Wildman–Crippen LogP) is 12.2. The Bertz CT molecular complexity index is 8150. The van der Waals surface area contributed by atoms with E-state index in [9.17, 15) is 24.0 Å². The molecule has 6 N–H and O–H groups in total. The quantitative estimate of drug-likeness (QED) is 0.0461. The average molecular weight is 1880 g/mol. The number of nitrogens with zero attached hydrogens (tertiary/aromatic N) is 23. The van der Waals surface area contributed by atoms with Gasteiger partial charge in [-0.2, -0.15) is 0 Å². The molecule has 0 bridgehead atoms. The Morgan fingerprint density at radius 2 is 0.721 bits per heavy atom. The number of carbonyl (C=O) groups excluding carboxylic acids is 5. The number of fused-ring (bicyclic) bond motifs is 25. The Morgan fingerprint density at radius 3 is 1.12 bits per heavy atom. The number of rotatable bonds is 17. The maximum Gasteiger partial charge on any atom is 0.278 e. The summed E-state index contributed by atoms with van der Waals surface area (Å²) < 4.78 is 10.0. The molecular weight excluding hydrogens is 1760 g/mol. The molecule has 3 fully saturated rings. The molecule has 3 aliphatic rings. The maximum absolute atomic E-state index is 12.8. The van der Waals surface area contributed by atoms with E-state index in [-0.39, 0.29) is 29.5 Å². The van der Waals surface area contributed by atoms with Gasteiger partial charge < -0.3 is 65.8 Å². The Hall–Kier alpha value is -15.8. The number of hydroxylamine groups is 1. The molecule has 20 aromatic rings. The molecular formula is C105H113N29O6. The van der Waals surface area contributed by atoms with Crippen molar-refractivity contribution in [1.82, 2.24) is 123 Å². The summed E-state index contributed by atoms with van der Waals surface area (Å²) in [7, 11) is 22.9. The van der Waals surface area contributed by atoms with Crippen molar-refractivity contribution in [2.45, 2.75) is 25.3 Å². The van der Waals surface area contributed by atoms with Crippen LogP contribution < -0.4 is 46.8 Å². The van der Waals surface area contributed by atoms with Gasteiger partial charge in [0.25, 0.3) is 29.5 Å². The second-order valence-electron chi connectivity index (χ2n) is 36.2. The highest BCUT2D eigenvalue weighted by molar-refractivity contribution is 6.10. The van der Waals surface area contributed by atoms with Crippen LogP contribution in [0, 0.1) is 0 Å². The summed E-state index contributed by atoms with van der Waals surface area (Å²) in [6.45, 7) is 13.2. The fourth-order valence-corrected chi connectivity index (χ4v) is 18.8. The van der Waals surface area contributed by atoms with Crippen molar-refractivity contribution in [2.24, 2.45) is 0 Å². The molecule has 714 valence electrons. The number of hydrogen-bond donors (Lipinski definition) is 6. The molecule has 5 aromatic carbocycles. The van der Waals surface area contributed by atoms with E-state index in [2.05, 4.69) is 129 Å². The van der Waals surface area contributed by atoms with Gasteiger partial charge in [-0.3, -0.25) is 55.8 Å². The van der Waals surface area contributed by atoms with Crippen LogP contribution in [-0.4, -0.2) is 308 Å². The summed E-state index contributed by atoms with van der Waals surface area (Å²) in [5, 5.41) is 19.0. The Balaban J connectivity index is 0.000000112. The number of aromatic nitrogens is 15. The first-order valence-corrected chi connectivity index (χ1v) is 47.2. The van der Waals surface area contributed by atoms with Crippen molar-refractivity contribution in [3.63, 3.8) is 0 Å². The topological polar surface area (TPSA) is 344 Å². The second kappa shape index (κ2) is 40.5. The molecule has 5 amide bonds. The van der Waals surface area contributed by atoms with Crippen molar-refractivity contribution in [2.75, 3.05) is 196 Å². The molecule has 23 rings (SSSR count). The molecule has 1 unspecified atom stereocenters. The van der Waals surface area contributed by atoms with Crippen molar-refractivity contribution < 1.29 is 28.8 Å². The molecule has 0 spiro atoms. The van der Waals surface area contributed by atoms with E-state index in [1.165, 1.54) is 7.11 Å². The van der Waals surface area contributed by atoms with E-state index < -0.39 is 0 Å². The van der Waals surface area contributed by atoms with Gasteiger partial charge in [-0.25, -0.2) is 50.3 Å². The minimum atomic E-state index is -0.334. The number of anilines is 4. The van der Waals surface area contributed by atoms with Crippen molar-refractivity contribution in [1.29, 1.82) is 0 Å². The fourth-order valence-electron chi connectivity index (χ4n) is 18.8. The summed E-state index contributed by atoms with van der Waals surface area (Å²) in [5.74, 6) is 2.78. The predicted molar refractivity (Wildman–Crippen MR) is 556 cm³/mol. The van der Waals surface area contributed by atoms with Crippen LogP contribution in [-0.2, 0) is 4.84 Å². The number of pyridine rings is 10. The SMILES string of the molecule is CN(C)CCNC(=O)c1cc2cnccc2n2c1nc1ccccc12.CNC(=O)c1cc2ccc(N3CCC(N(C)C)C3)nc2n2c1nc1ccccc12.CNC(=O)c1cc2ccc(N3CCCN(C)CC3)nc2n2c1nc1ccccc12.CNC(=O)c1cc2ccc(NCCN(C)C)nc2n2c1nc1ccccc12.CONC(=O)c1cc2ccc(N3CCCN(C)CC3)nc2n2c1nc1ccccc12. The van der Waals surface area contributed by atoms with E-state index in [0.717, 1.165) is 238 Å². The van der Waals surface area contributed by atoms with Crippen LogP contribution in [0.4, 0.5) is 23.3 Å². The van der Waals surface area contributed by atoms with E-state index in [1.807, 2.05) is 237 Å². The lowest BCUT2D eigenvalue weighted by atomic mass is 10.1. The first-order valence-electron chi connectivity index (χ1n) is 47.2. The number of amides is 5. The average Bonchev–Trinajstić information content (AvgIpc) is 1.59. The fraction of sp³-hybridized carbons (Fsp3) is 0.286. The lowest BCUT2D eigenvalue weighted by molar-refractivity contribution is 0.0538. The van der Waals surface area contributed by atoms with Gasteiger partial charge in [0.1, 0.15) is 45.9 Å². The Morgan fingerprint density at radius 1 is 0.357 bits per heavy atom. The Labute approximate surface area is 806 Å². The number of hydrogen-bond acceptors (Lipinski definition) is 25. The highest BCUT2D eigenvalue weighted by Gasteiger charge is 2.30. The molecule has 35 nitrogen and oxygen atoms in total. The lowest BCUT2D eigenvalue weighted by Crippen LogP contribution is -2.31. The van der Waals surface area contributed by atoms with Gasteiger partial charge in [0.15, 0.2) is 28.2 Å². The van der Waals surface area contributed by atoms with Crippen LogP contribution in [0.25, 0.3) is 138 Å². The third-order valence-corrected chi connectivity index (χ3v) is 26.1. The number of nitrogens with one attached hydrogen (secondary N) is 6. The summed E-state index contributed by atoms with van der Waals surface area (Å²) in [6, 6.07) is 67.6. The minimum Gasteiger partial charge on any atom is -0.369 e. The van der Waals surface area contributed by atoms with Crippen molar-refractivity contribution in [3.05, 3.63) is 246 Å². The molecule has 18 heterocycles. The molecule has 3 saturated heterocycles. The molecule has 35 heteroatoms. The monoisotopic (exact) mass is 1880 g/mol. The van der Waals surface area contributed by atoms with Gasteiger partial charge in [0.2, 0.25) is 0 Å². The first kappa shape index (κ1) is 93.2. The standard InChI is InChI=1S/C22H24N6O2.2C22H24N6O.C20H22N6O.C19H19N5O/c1-26-10-5-11-27(13-12-26)19-9-8-15-14-16(22(29)25-30-2)21-23-17-6-3-4-7-18(17)28(21)20(15)24-19;1-23-22(29)16-12-14-8-9-19(27-11-10-15(13-27)26(2)3)25-20(14)28-18-7-5-4-6-17(18)24-21(16)28;1-23-22(29)16-14-15-8-9-19(27-11-5-10-26(2)12-13-27)25-20(15)28-18-7-4-3-6-17(18)24-21(16)28;1-21-20(27)14-12-13-8-9-17(22-10-11-25(2)3)24-18(13)26-16-7-5-4-6-15(16)23-19(14)26;1-23(2)10-9-21-19(25)14-11-13-12-20-8-7-16(13)24-17-6-4-3-5-15(17)22-18(14)24/h3-4,6-9,14H,5,10-13H2,1-2H3,(H,25,29);4-9,12,15H,10-11,13H2,1-3H3,(H,23,29);3-4,6-9,14H,5,10-13H2,1-2H3,(H,23,29);4-9,12H,10-11H2,1-3H3,(H,21,27)(H,22,24);3-8,11-12H,9-10H2,1-2H3,(H,21,25). The van der Waals surface area contributed by atoms with E-state index in [1.54, 1.807) is 33.5 Å². The van der Waals surface area contributed by atoms with Crippen LogP contribution in [0.3, 0.4) is 0 Å². The van der Waals surface area contributed by atoms with Gasteiger partial charge in [-0.1, -0.05) is 60.7 Å². The smallest absolute Gasteiger partial charge is 0.278 e. The normalized spacial score (nSPS) is 14.5. The number of imidazole rings is 5. The summed E-state index contributed by atoms with van der Waals surface area (Å²) in [5.41, 5.74) is 21.4. The van der Waals surface area contributed by atoms with Gasteiger partial charge in [-0.05, 0) is 234 Å². The maximum atomic E-state index is 12.8. The van der Waals surface area contributed by atoms with Crippen LogP contribution in [0.2, 0.25) is 0 Å². The van der Waals surface area contributed by atoms with Crippen LogP contribution in [0.15, 0.2) is 219 Å². The number of likely N-dealkylation sites (N-methyl/N-ethyl adjacent to an activating group) is 5. The van der Waals surface area contributed by atoms with Crippen LogP contribution >= 0.6 is 0 Å². The zero-order valence-electron chi connectivity index (χ0n) is 80.6. The summed E-state index contributed by atoms with van der Waals surface area (Å²) in [6.07, 6.45) is 6.89. The number of benzene rings is 5. The zero-order valence-corrected chi connectivity index (χ0v) is 80.6. The molecule has 0 radical (unpaired) electrons. The number of carbonyl (C=O) groups is 5. The summed E-state index contributed by atoms with van der Waals surface area (Å²) >= 11 is 0. The Kier molecular flexibility index (Phi) is 27.0. The van der Waals surface area contributed by atoms with Crippen LogP contribution in [0.1, 0.15) is 71.1 Å². The first-order chi connectivity index (χ1) is 68.1. The van der Waals surface area contributed by atoms with Crippen molar-refractivity contribution >= 4 is 191 Å². The lowest BCUT2D eigenvalue weighted by Gasteiger charge is -2.22. The van der Waals surface area contributed by atoms with E-state index >= 15 is 0 Å². The van der Waals surface area contributed by atoms with Gasteiger partial charge in [0, 0.05) is 145 Å². The molecule has 15 aromatic heterocycles. The molecule has 3 aliphatic heterocycles. The highest BCUT2D eigenvalue weighted by Crippen LogP contribution is 2.35. The molecule has 0 aliphatic carbocycles. The van der Waals surface area contributed by atoms with E-state index in [4.69, 9.17) is 44.7 Å². The summed E-state index contributed by atoms with van der Waals surface area (Å²) in [4.78, 5) is 134. The van der Waals surface area contributed by atoms with Crippen molar-refractivity contribution in [3.8, 4) is 0 Å². The third-order valence-electron chi connectivity index (χ3n) is 26.1. The van der Waals surface area contributed by atoms with E-state index in [0.29, 0.717) is 68.6 Å². The minimum absolute atomic E-state index is 0.118. The largest absolute Gasteiger partial charge is 0.369 e. The highest BCUT2D eigenvalue weighted by atomic mass is 16.6. The van der Waals surface area contributed by atoms with Crippen LogP contribution in [0.5, 0.6) is 0 Å². The molecule has 1 atom stereocenters.